The molecule has 0 aromatic carbocycles. The Morgan fingerprint density at radius 1 is 1.25 bits per heavy atom. The van der Waals surface area contributed by atoms with Crippen molar-refractivity contribution < 1.29 is 4.79 Å². The second-order valence-corrected chi connectivity index (χ2v) is 4.44. The van der Waals surface area contributed by atoms with Crippen LogP contribution in [0.25, 0.3) is 0 Å². The van der Waals surface area contributed by atoms with Gasteiger partial charge in [-0.05, 0) is 20.3 Å². The molecule has 0 aromatic rings. The zero-order chi connectivity index (χ0) is 12.4. The molecule has 0 unspecified atom stereocenters. The average molecular weight is 224 g/mol. The number of rotatable bonds is 8. The summed E-state index contributed by atoms with van der Waals surface area (Å²) in [5.41, 5.74) is 0. The van der Waals surface area contributed by atoms with E-state index in [0.29, 0.717) is 6.42 Å². The number of hydrogen-bond donors (Lipinski definition) is 0. The third kappa shape index (κ3) is 6.44. The van der Waals surface area contributed by atoms with Gasteiger partial charge in [0.2, 0.25) is 5.91 Å². The molecule has 3 nitrogen and oxygen atoms in total. The number of amides is 1. The van der Waals surface area contributed by atoms with Crippen molar-refractivity contribution in [3.05, 3.63) is 0 Å². The molecule has 0 aliphatic rings. The highest BCUT2D eigenvalue weighted by molar-refractivity contribution is 5.76. The molecule has 0 aliphatic heterocycles. The van der Waals surface area contributed by atoms with Crippen LogP contribution in [0, 0.1) is 11.3 Å². The van der Waals surface area contributed by atoms with Gasteiger partial charge < -0.3 is 4.90 Å². The third-order valence-electron chi connectivity index (χ3n) is 2.68. The molecule has 1 amide bonds. The number of hydrogen-bond acceptors (Lipinski definition) is 2. The number of nitrogens with zero attached hydrogens (tertiary/aromatic N) is 2. The SMILES string of the molecule is CCCCCCCC(=O)N(CC#N)C(C)C. The minimum atomic E-state index is 0.119. The fourth-order valence-electron chi connectivity index (χ4n) is 1.66. The Bertz CT molecular complexity index is 231. The molecular formula is C13H24N2O. The first kappa shape index (κ1) is 15.0. The first-order valence-electron chi connectivity index (χ1n) is 6.29. The van der Waals surface area contributed by atoms with Crippen LogP contribution in [0.5, 0.6) is 0 Å². The van der Waals surface area contributed by atoms with Crippen molar-refractivity contribution in [2.45, 2.75) is 65.3 Å². The normalized spacial score (nSPS) is 10.2. The van der Waals surface area contributed by atoms with E-state index in [-0.39, 0.29) is 18.5 Å². The quantitative estimate of drug-likeness (QED) is 0.469. The summed E-state index contributed by atoms with van der Waals surface area (Å²) in [7, 11) is 0. The zero-order valence-electron chi connectivity index (χ0n) is 10.8. The topological polar surface area (TPSA) is 44.1 Å². The van der Waals surface area contributed by atoms with Gasteiger partial charge in [-0.2, -0.15) is 5.26 Å². The van der Waals surface area contributed by atoms with Crippen molar-refractivity contribution >= 4 is 5.91 Å². The second kappa shape index (κ2) is 9.21. The molecule has 16 heavy (non-hydrogen) atoms. The second-order valence-electron chi connectivity index (χ2n) is 4.44. The number of unbranched alkanes of at least 4 members (excludes halogenated alkanes) is 4. The van der Waals surface area contributed by atoms with Crippen LogP contribution in [0.15, 0.2) is 0 Å². The van der Waals surface area contributed by atoms with Crippen LogP contribution in [0.1, 0.15) is 59.3 Å². The van der Waals surface area contributed by atoms with Gasteiger partial charge in [0, 0.05) is 12.5 Å². The van der Waals surface area contributed by atoms with Crippen LogP contribution in [0.4, 0.5) is 0 Å². The summed E-state index contributed by atoms with van der Waals surface area (Å²) in [6.07, 6.45) is 6.35. The summed E-state index contributed by atoms with van der Waals surface area (Å²) < 4.78 is 0. The zero-order valence-corrected chi connectivity index (χ0v) is 10.8. The van der Waals surface area contributed by atoms with Crippen molar-refractivity contribution in [2.24, 2.45) is 0 Å². The Morgan fingerprint density at radius 2 is 1.88 bits per heavy atom. The Hall–Kier alpha value is -1.04. The lowest BCUT2D eigenvalue weighted by Crippen LogP contribution is -2.37. The maximum atomic E-state index is 11.8. The van der Waals surface area contributed by atoms with E-state index in [1.165, 1.54) is 19.3 Å². The molecule has 0 fully saturated rings. The van der Waals surface area contributed by atoms with Crippen LogP contribution in [0.3, 0.4) is 0 Å². The summed E-state index contributed by atoms with van der Waals surface area (Å²) in [6, 6.07) is 2.17. The highest BCUT2D eigenvalue weighted by Crippen LogP contribution is 2.08. The van der Waals surface area contributed by atoms with E-state index in [1.54, 1.807) is 4.90 Å². The smallest absolute Gasteiger partial charge is 0.223 e. The van der Waals surface area contributed by atoms with Crippen molar-refractivity contribution in [3.63, 3.8) is 0 Å². The Kier molecular flexibility index (Phi) is 8.61. The minimum Gasteiger partial charge on any atom is -0.327 e. The first-order valence-corrected chi connectivity index (χ1v) is 6.29. The van der Waals surface area contributed by atoms with Gasteiger partial charge in [-0.1, -0.05) is 32.6 Å². The molecular weight excluding hydrogens is 200 g/mol. The fourth-order valence-corrected chi connectivity index (χ4v) is 1.66. The predicted octanol–water partition coefficient (Wildman–Crippen LogP) is 3.11. The van der Waals surface area contributed by atoms with Gasteiger partial charge in [0.25, 0.3) is 0 Å². The summed E-state index contributed by atoms with van der Waals surface area (Å²) >= 11 is 0. The van der Waals surface area contributed by atoms with Crippen LogP contribution < -0.4 is 0 Å². The molecule has 0 atom stereocenters. The Morgan fingerprint density at radius 3 is 2.38 bits per heavy atom. The molecule has 0 aliphatic carbocycles. The van der Waals surface area contributed by atoms with E-state index >= 15 is 0 Å². The van der Waals surface area contributed by atoms with E-state index in [9.17, 15) is 4.79 Å². The fraction of sp³-hybridized carbons (Fsp3) is 0.846. The average Bonchev–Trinajstić information content (AvgIpc) is 2.24. The molecule has 0 N–H and O–H groups in total. The van der Waals surface area contributed by atoms with Crippen molar-refractivity contribution in [3.8, 4) is 6.07 Å². The largest absolute Gasteiger partial charge is 0.327 e. The Balaban J connectivity index is 3.80. The van der Waals surface area contributed by atoms with Crippen molar-refractivity contribution in [1.82, 2.24) is 4.90 Å². The maximum absolute atomic E-state index is 11.8. The van der Waals surface area contributed by atoms with E-state index in [4.69, 9.17) is 5.26 Å². The number of carbonyl (C=O) groups excluding carboxylic acids is 1. The van der Waals surface area contributed by atoms with Crippen LogP contribution in [-0.4, -0.2) is 23.4 Å². The van der Waals surface area contributed by atoms with Gasteiger partial charge in [-0.25, -0.2) is 0 Å². The number of carbonyl (C=O) groups is 1. The van der Waals surface area contributed by atoms with Crippen LogP contribution >= 0.6 is 0 Å². The van der Waals surface area contributed by atoms with Gasteiger partial charge >= 0.3 is 0 Å². The third-order valence-corrected chi connectivity index (χ3v) is 2.68. The molecule has 0 saturated heterocycles. The number of nitriles is 1. The molecule has 3 heteroatoms. The Labute approximate surface area is 99.4 Å². The van der Waals surface area contributed by atoms with E-state index in [1.807, 2.05) is 19.9 Å². The lowest BCUT2D eigenvalue weighted by atomic mass is 10.1. The summed E-state index contributed by atoms with van der Waals surface area (Å²) in [5.74, 6) is 0.119. The summed E-state index contributed by atoms with van der Waals surface area (Å²) in [5, 5.41) is 8.63. The molecule has 92 valence electrons. The molecule has 0 rings (SSSR count). The van der Waals surface area contributed by atoms with Gasteiger partial charge in [-0.3, -0.25) is 4.79 Å². The van der Waals surface area contributed by atoms with Gasteiger partial charge in [0.15, 0.2) is 0 Å². The molecule has 0 saturated carbocycles. The standard InChI is InChI=1S/C13H24N2O/c1-4-5-6-7-8-9-13(16)15(11-10-14)12(2)3/h12H,4-9,11H2,1-3H3. The van der Waals surface area contributed by atoms with E-state index < -0.39 is 0 Å². The van der Waals surface area contributed by atoms with Crippen molar-refractivity contribution in [2.75, 3.05) is 6.54 Å². The van der Waals surface area contributed by atoms with Gasteiger partial charge in [0.1, 0.15) is 6.54 Å². The van der Waals surface area contributed by atoms with E-state index in [2.05, 4.69) is 6.92 Å². The highest BCUT2D eigenvalue weighted by Gasteiger charge is 2.15. The van der Waals surface area contributed by atoms with Crippen LogP contribution in [-0.2, 0) is 4.79 Å². The molecule has 0 radical (unpaired) electrons. The maximum Gasteiger partial charge on any atom is 0.223 e. The summed E-state index contributed by atoms with van der Waals surface area (Å²) in [6.45, 7) is 6.29. The lowest BCUT2D eigenvalue weighted by molar-refractivity contribution is -0.132. The molecule has 0 aromatic heterocycles. The molecule has 0 spiro atoms. The lowest BCUT2D eigenvalue weighted by Gasteiger charge is -2.23. The highest BCUT2D eigenvalue weighted by atomic mass is 16.2. The monoisotopic (exact) mass is 224 g/mol. The van der Waals surface area contributed by atoms with Gasteiger partial charge in [-0.15, -0.1) is 0 Å². The van der Waals surface area contributed by atoms with Crippen molar-refractivity contribution in [1.29, 1.82) is 5.26 Å². The first-order chi connectivity index (χ1) is 7.63. The summed E-state index contributed by atoms with van der Waals surface area (Å²) in [4.78, 5) is 13.4. The minimum absolute atomic E-state index is 0.119. The predicted molar refractivity (Wildman–Crippen MR) is 65.8 cm³/mol. The van der Waals surface area contributed by atoms with Gasteiger partial charge in [0.05, 0.1) is 6.07 Å². The molecule has 0 heterocycles. The van der Waals surface area contributed by atoms with E-state index in [0.717, 1.165) is 12.8 Å². The van der Waals surface area contributed by atoms with Crippen LogP contribution in [0.2, 0.25) is 0 Å². The molecule has 0 bridgehead atoms.